The minimum atomic E-state index is -0.386. The first-order valence-electron chi connectivity index (χ1n) is 12.4. The van der Waals surface area contributed by atoms with Gasteiger partial charge in [-0.3, -0.25) is 19.3 Å². The minimum absolute atomic E-state index is 0.281. The Balaban J connectivity index is 0.00000195. The van der Waals surface area contributed by atoms with Crippen LogP contribution in [0.25, 0.3) is 22.4 Å². The molecule has 0 spiro atoms. The Morgan fingerprint density at radius 3 is 2.63 bits per heavy atom. The predicted octanol–water partition coefficient (Wildman–Crippen LogP) is 4.78. The van der Waals surface area contributed by atoms with Crippen LogP contribution in [0.1, 0.15) is 34.6 Å². The van der Waals surface area contributed by atoms with Crippen LogP contribution < -0.4 is 10.9 Å². The van der Waals surface area contributed by atoms with Crippen LogP contribution in [0.15, 0.2) is 40.6 Å². The van der Waals surface area contributed by atoms with Crippen LogP contribution in [0, 0.1) is 6.92 Å². The zero-order valence-corrected chi connectivity index (χ0v) is 23.8. The summed E-state index contributed by atoms with van der Waals surface area (Å²) in [5.41, 5.74) is 3.01. The molecular formula is C27H33ClN6O3S. The lowest BCUT2D eigenvalue weighted by Gasteiger charge is -2.19. The van der Waals surface area contributed by atoms with E-state index in [0.717, 1.165) is 14.8 Å². The van der Waals surface area contributed by atoms with Crippen molar-refractivity contribution in [3.8, 4) is 11.4 Å². The largest absolute Gasteiger partial charge is 0.384 e. The molecule has 4 aromatic rings. The number of carbonyl (C=O) groups is 2. The van der Waals surface area contributed by atoms with Crippen molar-refractivity contribution in [3.63, 3.8) is 0 Å². The van der Waals surface area contributed by atoms with Gasteiger partial charge in [0, 0.05) is 42.7 Å². The molecule has 0 fully saturated rings. The number of aromatic nitrogens is 3. The highest BCUT2D eigenvalue weighted by Gasteiger charge is 2.20. The first kappa shape index (κ1) is 29.1. The summed E-state index contributed by atoms with van der Waals surface area (Å²) in [7, 11) is 3.75. The second-order valence-corrected chi connectivity index (χ2v) is 10.0. The minimum Gasteiger partial charge on any atom is -0.384 e. The Labute approximate surface area is 230 Å². The number of carbonyl (C=O) groups excluding carboxylic acids is 2. The standard InChI is InChI=1S/C25H27ClN6O3S.C2H6/c1-15-12-19-20(13-16(15)25(35)32(14-33)10-9-31(2)3)30-23(29-19)22-18(4-7-28-24(22)34)27-8-5-21-17(26)6-11-36-21;1-2/h4,6-7,11-14H,5,8-10H2,1-3H3,(H,29,30)(H2,27,28,34);1-2H3. The van der Waals surface area contributed by atoms with E-state index < -0.39 is 0 Å². The number of likely N-dealkylation sites (N-methyl/N-ethyl adjacent to an activating group) is 1. The Kier molecular flexibility index (Phi) is 10.2. The van der Waals surface area contributed by atoms with E-state index in [1.807, 2.05) is 44.3 Å². The number of H-pyrrole nitrogens is 2. The van der Waals surface area contributed by atoms with Crippen LogP contribution >= 0.6 is 22.9 Å². The number of rotatable bonds is 10. The van der Waals surface area contributed by atoms with Crippen LogP contribution in [0.3, 0.4) is 0 Å². The van der Waals surface area contributed by atoms with Gasteiger partial charge in [0.1, 0.15) is 11.4 Å². The molecule has 2 amide bonds. The number of anilines is 1. The summed E-state index contributed by atoms with van der Waals surface area (Å²) in [6.07, 6.45) is 2.85. The second-order valence-electron chi connectivity index (χ2n) is 8.64. The topological polar surface area (TPSA) is 114 Å². The van der Waals surface area contributed by atoms with E-state index in [2.05, 4.69) is 20.3 Å². The Morgan fingerprint density at radius 2 is 1.97 bits per heavy atom. The molecule has 38 heavy (non-hydrogen) atoms. The molecule has 0 aliphatic heterocycles. The van der Waals surface area contributed by atoms with E-state index in [1.165, 1.54) is 0 Å². The van der Waals surface area contributed by atoms with E-state index in [1.54, 1.807) is 42.7 Å². The quantitative estimate of drug-likeness (QED) is 0.242. The van der Waals surface area contributed by atoms with Gasteiger partial charge in [-0.2, -0.15) is 0 Å². The van der Waals surface area contributed by atoms with Gasteiger partial charge < -0.3 is 20.2 Å². The van der Waals surface area contributed by atoms with Crippen molar-refractivity contribution < 1.29 is 9.59 Å². The maximum atomic E-state index is 13.0. The first-order valence-corrected chi connectivity index (χ1v) is 13.6. The highest BCUT2D eigenvalue weighted by molar-refractivity contribution is 7.10. The fourth-order valence-electron chi connectivity index (χ4n) is 3.85. The fraction of sp³-hybridized carbons (Fsp3) is 0.333. The lowest BCUT2D eigenvalue weighted by atomic mass is 10.1. The number of nitrogens with one attached hydrogen (secondary N) is 3. The van der Waals surface area contributed by atoms with Gasteiger partial charge in [-0.15, -0.1) is 11.3 Å². The third-order valence-corrected chi connectivity index (χ3v) is 7.24. The number of thiophene rings is 1. The summed E-state index contributed by atoms with van der Waals surface area (Å²) >= 11 is 7.78. The average Bonchev–Trinajstić information content (AvgIpc) is 3.50. The fourth-order valence-corrected chi connectivity index (χ4v) is 4.99. The van der Waals surface area contributed by atoms with Gasteiger partial charge >= 0.3 is 0 Å². The highest BCUT2D eigenvalue weighted by atomic mass is 35.5. The number of aromatic amines is 2. The van der Waals surface area contributed by atoms with Crippen molar-refractivity contribution in [2.24, 2.45) is 0 Å². The monoisotopic (exact) mass is 556 g/mol. The zero-order valence-electron chi connectivity index (χ0n) is 22.2. The summed E-state index contributed by atoms with van der Waals surface area (Å²) in [5, 5.41) is 6.00. The van der Waals surface area contributed by atoms with Crippen LogP contribution in [0.5, 0.6) is 0 Å². The van der Waals surface area contributed by atoms with Crippen molar-refractivity contribution in [2.75, 3.05) is 39.0 Å². The number of benzene rings is 1. The van der Waals surface area contributed by atoms with Crippen LogP contribution in [0.2, 0.25) is 5.02 Å². The van der Waals surface area contributed by atoms with Gasteiger partial charge in [-0.1, -0.05) is 25.4 Å². The number of pyridine rings is 1. The molecule has 0 bridgehead atoms. The molecule has 3 heterocycles. The molecule has 0 saturated carbocycles. The van der Waals surface area contributed by atoms with Crippen LogP contribution in [-0.2, 0) is 11.2 Å². The van der Waals surface area contributed by atoms with E-state index in [9.17, 15) is 14.4 Å². The maximum Gasteiger partial charge on any atom is 0.261 e. The number of imidazole rings is 1. The summed E-state index contributed by atoms with van der Waals surface area (Å²) < 4.78 is 0. The first-order chi connectivity index (χ1) is 18.3. The van der Waals surface area contributed by atoms with Crippen molar-refractivity contribution in [1.82, 2.24) is 24.8 Å². The molecule has 0 radical (unpaired) electrons. The number of hydrogen-bond acceptors (Lipinski definition) is 7. The third-order valence-electron chi connectivity index (χ3n) is 5.79. The second kappa shape index (κ2) is 13.4. The summed E-state index contributed by atoms with van der Waals surface area (Å²) in [6, 6.07) is 7.11. The van der Waals surface area contributed by atoms with Crippen molar-refractivity contribution in [1.29, 1.82) is 0 Å². The van der Waals surface area contributed by atoms with Crippen molar-refractivity contribution in [2.45, 2.75) is 27.2 Å². The molecule has 9 nitrogen and oxygen atoms in total. The third kappa shape index (κ3) is 6.69. The number of aryl methyl sites for hydroxylation is 1. The Bertz CT molecular complexity index is 1460. The molecular weight excluding hydrogens is 524 g/mol. The number of halogens is 1. The van der Waals surface area contributed by atoms with Gasteiger partial charge in [0.05, 0.1) is 21.7 Å². The molecule has 202 valence electrons. The van der Waals surface area contributed by atoms with Crippen LogP contribution in [-0.4, -0.2) is 70.8 Å². The van der Waals surface area contributed by atoms with Gasteiger partial charge in [0.15, 0.2) is 0 Å². The molecule has 0 unspecified atom stereocenters. The normalized spacial score (nSPS) is 10.8. The van der Waals surface area contributed by atoms with Gasteiger partial charge in [0.2, 0.25) is 6.41 Å². The van der Waals surface area contributed by atoms with Gasteiger partial charge in [0.25, 0.3) is 11.5 Å². The molecule has 1 aromatic carbocycles. The number of imide groups is 1. The molecule has 0 aliphatic carbocycles. The van der Waals surface area contributed by atoms with Crippen molar-refractivity contribution in [3.05, 3.63) is 67.2 Å². The lowest BCUT2D eigenvalue weighted by molar-refractivity contribution is -0.116. The lowest BCUT2D eigenvalue weighted by Crippen LogP contribution is -2.36. The highest BCUT2D eigenvalue weighted by Crippen LogP contribution is 2.27. The van der Waals surface area contributed by atoms with E-state index in [4.69, 9.17) is 11.6 Å². The molecule has 11 heteroatoms. The molecule has 0 atom stereocenters. The zero-order chi connectivity index (χ0) is 27.8. The number of amides is 2. The summed E-state index contributed by atoms with van der Waals surface area (Å²) in [4.78, 5) is 52.0. The number of fused-ring (bicyclic) bond motifs is 1. The van der Waals surface area contributed by atoms with Gasteiger partial charge in [-0.05, 0) is 56.2 Å². The summed E-state index contributed by atoms with van der Waals surface area (Å²) in [5.74, 6) is -0.00434. The Hall–Kier alpha value is -3.47. The molecule has 0 aliphatic rings. The van der Waals surface area contributed by atoms with E-state index in [0.29, 0.717) is 65.2 Å². The van der Waals surface area contributed by atoms with Crippen LogP contribution in [0.4, 0.5) is 5.69 Å². The Morgan fingerprint density at radius 1 is 1.21 bits per heavy atom. The maximum absolute atomic E-state index is 13.0. The number of nitrogens with zero attached hydrogens (tertiary/aromatic N) is 3. The molecule has 0 saturated heterocycles. The smallest absolute Gasteiger partial charge is 0.261 e. The molecule has 4 rings (SSSR count). The SMILES string of the molecule is CC.Cc1cc2[nH]c(-c3c(NCCc4sccc4Cl)cc[nH]c3=O)nc2cc1C(=O)N(C=O)CCN(C)C. The van der Waals surface area contributed by atoms with E-state index in [-0.39, 0.29) is 18.0 Å². The molecule has 3 N–H and O–H groups in total. The number of hydrogen-bond donors (Lipinski definition) is 3. The molecule has 3 aromatic heterocycles. The van der Waals surface area contributed by atoms with Gasteiger partial charge in [-0.25, -0.2) is 4.98 Å². The van der Waals surface area contributed by atoms with E-state index >= 15 is 0 Å². The summed E-state index contributed by atoms with van der Waals surface area (Å²) in [6.45, 7) is 7.23. The predicted molar refractivity (Wildman–Crippen MR) is 155 cm³/mol. The van der Waals surface area contributed by atoms with Crippen molar-refractivity contribution >= 4 is 52.0 Å². The average molecular weight is 557 g/mol.